The number of fused-ring (bicyclic) bond motifs is 1. The summed E-state index contributed by atoms with van der Waals surface area (Å²) in [7, 11) is 0. The van der Waals surface area contributed by atoms with Gasteiger partial charge in [-0.1, -0.05) is 43.5 Å². The zero-order chi connectivity index (χ0) is 10.8. The Morgan fingerprint density at radius 2 is 1.81 bits per heavy atom. The summed E-state index contributed by atoms with van der Waals surface area (Å²) in [5, 5.41) is 0. The number of ether oxygens (including phenoxy) is 1. The molecule has 0 bridgehead atoms. The minimum Gasteiger partial charge on any atom is -0.485 e. The minimum atomic E-state index is 0.315. The standard InChI is InChI=1S/C15H18O/c1-2-6-12(7-3-1)15-11-10-13-8-4-5-9-14(13)16-15/h4-5,8-12,15H,1-3,6-7H2. The summed E-state index contributed by atoms with van der Waals surface area (Å²) in [4.78, 5) is 0. The monoisotopic (exact) mass is 214 g/mol. The van der Waals surface area contributed by atoms with E-state index >= 15 is 0 Å². The molecule has 1 unspecified atom stereocenters. The Hall–Kier alpha value is -1.24. The van der Waals surface area contributed by atoms with Gasteiger partial charge in [0.15, 0.2) is 0 Å². The molecule has 0 amide bonds. The number of benzene rings is 1. The quantitative estimate of drug-likeness (QED) is 0.685. The lowest BCUT2D eigenvalue weighted by molar-refractivity contribution is 0.144. The number of hydrogen-bond acceptors (Lipinski definition) is 1. The van der Waals surface area contributed by atoms with Crippen LogP contribution in [0, 0.1) is 5.92 Å². The van der Waals surface area contributed by atoms with Gasteiger partial charge in [-0.05, 0) is 30.9 Å². The third-order valence-corrected chi connectivity index (χ3v) is 3.76. The highest BCUT2D eigenvalue weighted by molar-refractivity contribution is 5.59. The molecule has 1 fully saturated rings. The highest BCUT2D eigenvalue weighted by Gasteiger charge is 2.25. The topological polar surface area (TPSA) is 9.23 Å². The Bertz CT molecular complexity index is 388. The Morgan fingerprint density at radius 3 is 2.69 bits per heavy atom. The van der Waals surface area contributed by atoms with Crippen LogP contribution in [0.25, 0.3) is 6.08 Å². The number of hydrogen-bond donors (Lipinski definition) is 0. The van der Waals surface area contributed by atoms with Crippen molar-refractivity contribution in [1.29, 1.82) is 0 Å². The van der Waals surface area contributed by atoms with E-state index in [1.165, 1.54) is 37.7 Å². The second-order valence-electron chi connectivity index (χ2n) is 4.88. The van der Waals surface area contributed by atoms with Crippen molar-refractivity contribution < 1.29 is 4.74 Å². The largest absolute Gasteiger partial charge is 0.485 e. The van der Waals surface area contributed by atoms with E-state index in [0.29, 0.717) is 6.10 Å². The van der Waals surface area contributed by atoms with Gasteiger partial charge in [0, 0.05) is 5.56 Å². The van der Waals surface area contributed by atoms with Crippen molar-refractivity contribution in [2.24, 2.45) is 5.92 Å². The van der Waals surface area contributed by atoms with Gasteiger partial charge >= 0.3 is 0 Å². The normalized spacial score (nSPS) is 24.9. The first kappa shape index (κ1) is 9.95. The van der Waals surface area contributed by atoms with E-state index in [-0.39, 0.29) is 0 Å². The maximum Gasteiger partial charge on any atom is 0.127 e. The first-order valence-corrected chi connectivity index (χ1v) is 6.37. The molecule has 2 aliphatic rings. The van der Waals surface area contributed by atoms with Gasteiger partial charge in [-0.25, -0.2) is 0 Å². The smallest absolute Gasteiger partial charge is 0.127 e. The zero-order valence-corrected chi connectivity index (χ0v) is 9.56. The molecule has 1 aromatic carbocycles. The molecule has 1 saturated carbocycles. The van der Waals surface area contributed by atoms with Crippen LogP contribution in [0.2, 0.25) is 0 Å². The molecule has 16 heavy (non-hydrogen) atoms. The summed E-state index contributed by atoms with van der Waals surface area (Å²) in [6, 6.07) is 8.31. The van der Waals surface area contributed by atoms with Gasteiger partial charge in [0.1, 0.15) is 11.9 Å². The summed E-state index contributed by atoms with van der Waals surface area (Å²) in [5.41, 5.74) is 1.22. The maximum atomic E-state index is 6.08. The highest BCUT2D eigenvalue weighted by atomic mass is 16.5. The lowest BCUT2D eigenvalue weighted by atomic mass is 9.84. The van der Waals surface area contributed by atoms with Crippen molar-refractivity contribution in [3.05, 3.63) is 35.9 Å². The minimum absolute atomic E-state index is 0.315. The molecule has 0 spiro atoms. The van der Waals surface area contributed by atoms with Gasteiger partial charge in [-0.2, -0.15) is 0 Å². The van der Waals surface area contributed by atoms with Crippen LogP contribution in [-0.2, 0) is 0 Å². The number of rotatable bonds is 1. The molecule has 1 heterocycles. The summed E-state index contributed by atoms with van der Waals surface area (Å²) in [5.74, 6) is 1.79. The van der Waals surface area contributed by atoms with Crippen LogP contribution in [-0.4, -0.2) is 6.10 Å². The molecule has 0 N–H and O–H groups in total. The lowest BCUT2D eigenvalue weighted by Crippen LogP contribution is -2.28. The molecule has 1 heteroatoms. The van der Waals surface area contributed by atoms with Gasteiger partial charge < -0.3 is 4.74 Å². The predicted octanol–water partition coefficient (Wildman–Crippen LogP) is 4.04. The fourth-order valence-corrected chi connectivity index (χ4v) is 2.83. The molecule has 1 aromatic rings. The highest BCUT2D eigenvalue weighted by Crippen LogP contribution is 2.33. The van der Waals surface area contributed by atoms with Crippen molar-refractivity contribution in [3.63, 3.8) is 0 Å². The molecule has 0 saturated heterocycles. The Morgan fingerprint density at radius 1 is 1.00 bits per heavy atom. The van der Waals surface area contributed by atoms with Crippen LogP contribution in [0.4, 0.5) is 0 Å². The SMILES string of the molecule is C1=CC(C2CCCCC2)Oc2ccccc21. The average molecular weight is 214 g/mol. The fraction of sp³-hybridized carbons (Fsp3) is 0.467. The molecular formula is C15H18O. The van der Waals surface area contributed by atoms with Gasteiger partial charge in [-0.3, -0.25) is 0 Å². The zero-order valence-electron chi connectivity index (χ0n) is 9.56. The van der Waals surface area contributed by atoms with Gasteiger partial charge in [-0.15, -0.1) is 0 Å². The van der Waals surface area contributed by atoms with Crippen molar-refractivity contribution in [3.8, 4) is 5.75 Å². The molecule has 84 valence electrons. The van der Waals surface area contributed by atoms with E-state index in [1.54, 1.807) is 0 Å². The van der Waals surface area contributed by atoms with E-state index in [1.807, 2.05) is 0 Å². The van der Waals surface area contributed by atoms with Crippen LogP contribution in [0.3, 0.4) is 0 Å². The molecule has 1 aliphatic carbocycles. The molecule has 0 radical (unpaired) electrons. The van der Waals surface area contributed by atoms with Crippen LogP contribution in [0.5, 0.6) is 5.75 Å². The van der Waals surface area contributed by atoms with E-state index in [2.05, 4.69) is 36.4 Å². The van der Waals surface area contributed by atoms with Crippen LogP contribution >= 0.6 is 0 Å². The molecule has 1 aliphatic heterocycles. The first-order chi connectivity index (χ1) is 7.93. The van der Waals surface area contributed by atoms with Crippen molar-refractivity contribution in [2.45, 2.75) is 38.2 Å². The van der Waals surface area contributed by atoms with Crippen LogP contribution in [0.1, 0.15) is 37.7 Å². The van der Waals surface area contributed by atoms with Crippen LogP contribution in [0.15, 0.2) is 30.3 Å². The van der Waals surface area contributed by atoms with Gasteiger partial charge in [0.05, 0.1) is 0 Å². The second-order valence-corrected chi connectivity index (χ2v) is 4.88. The molecule has 0 aromatic heterocycles. The number of para-hydroxylation sites is 1. The van der Waals surface area contributed by atoms with E-state index in [4.69, 9.17) is 4.74 Å². The van der Waals surface area contributed by atoms with Gasteiger partial charge in [0.25, 0.3) is 0 Å². The van der Waals surface area contributed by atoms with Gasteiger partial charge in [0.2, 0.25) is 0 Å². The average Bonchev–Trinajstić information content (AvgIpc) is 2.39. The van der Waals surface area contributed by atoms with Crippen molar-refractivity contribution >= 4 is 6.08 Å². The van der Waals surface area contributed by atoms with E-state index < -0.39 is 0 Å². The summed E-state index contributed by atoms with van der Waals surface area (Å²) in [6.45, 7) is 0. The molecule has 1 atom stereocenters. The molecule has 1 nitrogen and oxygen atoms in total. The Balaban J connectivity index is 1.77. The Labute approximate surface area is 97.1 Å². The molecular weight excluding hydrogens is 196 g/mol. The summed E-state index contributed by atoms with van der Waals surface area (Å²) < 4.78 is 6.08. The maximum absolute atomic E-state index is 6.08. The van der Waals surface area contributed by atoms with E-state index in [9.17, 15) is 0 Å². The Kier molecular flexibility index (Phi) is 2.69. The first-order valence-electron chi connectivity index (χ1n) is 6.37. The third-order valence-electron chi connectivity index (χ3n) is 3.76. The fourth-order valence-electron chi connectivity index (χ4n) is 2.83. The van der Waals surface area contributed by atoms with Crippen molar-refractivity contribution in [1.82, 2.24) is 0 Å². The predicted molar refractivity (Wildman–Crippen MR) is 66.5 cm³/mol. The van der Waals surface area contributed by atoms with Crippen molar-refractivity contribution in [2.75, 3.05) is 0 Å². The second kappa shape index (κ2) is 4.32. The molecule has 3 rings (SSSR count). The summed E-state index contributed by atoms with van der Waals surface area (Å²) in [6.07, 6.45) is 11.6. The van der Waals surface area contributed by atoms with E-state index in [0.717, 1.165) is 11.7 Å². The summed E-state index contributed by atoms with van der Waals surface area (Å²) >= 11 is 0. The third kappa shape index (κ3) is 1.87. The lowest BCUT2D eigenvalue weighted by Gasteiger charge is -2.31. The van der Waals surface area contributed by atoms with Crippen LogP contribution < -0.4 is 4.74 Å².